The van der Waals surface area contributed by atoms with Gasteiger partial charge in [0.25, 0.3) is 0 Å². The van der Waals surface area contributed by atoms with Crippen LogP contribution < -0.4 is 20.5 Å². The number of carbonyl (C=O) groups excluding carboxylic acids is 1. The van der Waals surface area contributed by atoms with E-state index in [1.165, 1.54) is 12.1 Å². The minimum atomic E-state index is -4.56. The number of anilines is 2. The number of alkyl halides is 3. The van der Waals surface area contributed by atoms with Crippen molar-refractivity contribution in [2.45, 2.75) is 12.6 Å². The number of carbonyl (C=O) groups is 1. The van der Waals surface area contributed by atoms with Crippen molar-refractivity contribution in [3.05, 3.63) is 12.1 Å². The molecule has 1 aliphatic heterocycles. The second-order valence-corrected chi connectivity index (χ2v) is 3.63. The summed E-state index contributed by atoms with van der Waals surface area (Å²) in [6, 6.07) is 2.71. The highest BCUT2D eigenvalue weighted by Crippen LogP contribution is 2.38. The molecule has 0 radical (unpaired) electrons. The molecule has 2 rings (SSSR count). The zero-order valence-corrected chi connectivity index (χ0v) is 9.00. The summed E-state index contributed by atoms with van der Waals surface area (Å²) in [5, 5.41) is 2.08. The van der Waals surface area contributed by atoms with E-state index in [1.807, 2.05) is 0 Å². The Bertz CT molecular complexity index is 488. The topological polar surface area (TPSA) is 73.6 Å². The molecule has 0 spiro atoms. The van der Waals surface area contributed by atoms with Crippen molar-refractivity contribution in [3.8, 4) is 11.5 Å². The maximum Gasteiger partial charge on any atom is 0.397 e. The lowest BCUT2D eigenvalue weighted by atomic mass is 10.2. The smallest absolute Gasteiger partial charge is 0.397 e. The summed E-state index contributed by atoms with van der Waals surface area (Å²) in [6.45, 7) is 0.00865. The van der Waals surface area contributed by atoms with Gasteiger partial charge in [-0.05, 0) is 0 Å². The Morgan fingerprint density at radius 1 is 1.33 bits per heavy atom. The number of ether oxygens (including phenoxy) is 2. The molecule has 18 heavy (non-hydrogen) atoms. The monoisotopic (exact) mass is 262 g/mol. The van der Waals surface area contributed by atoms with Crippen molar-refractivity contribution in [1.82, 2.24) is 0 Å². The van der Waals surface area contributed by atoms with Gasteiger partial charge in [0, 0.05) is 12.1 Å². The minimum absolute atomic E-state index is 0.00865. The van der Waals surface area contributed by atoms with Crippen LogP contribution in [0.4, 0.5) is 24.5 Å². The van der Waals surface area contributed by atoms with E-state index < -0.39 is 18.5 Å². The van der Waals surface area contributed by atoms with Crippen LogP contribution in [0.1, 0.15) is 6.42 Å². The predicted molar refractivity (Wildman–Crippen MR) is 56.3 cm³/mol. The normalized spacial score (nSPS) is 13.5. The average Bonchev–Trinajstić information content (AvgIpc) is 2.62. The highest BCUT2D eigenvalue weighted by molar-refractivity contribution is 5.95. The van der Waals surface area contributed by atoms with Crippen LogP contribution in [0.25, 0.3) is 0 Å². The summed E-state index contributed by atoms with van der Waals surface area (Å²) >= 11 is 0. The van der Waals surface area contributed by atoms with Crippen molar-refractivity contribution >= 4 is 17.3 Å². The fraction of sp³-hybridized carbons (Fsp3) is 0.300. The third kappa shape index (κ3) is 2.76. The zero-order chi connectivity index (χ0) is 13.3. The second-order valence-electron chi connectivity index (χ2n) is 3.63. The Morgan fingerprint density at radius 3 is 2.56 bits per heavy atom. The first-order chi connectivity index (χ1) is 8.35. The molecule has 5 nitrogen and oxygen atoms in total. The van der Waals surface area contributed by atoms with Crippen LogP contribution in [-0.2, 0) is 4.79 Å². The predicted octanol–water partition coefficient (Wildman–Crippen LogP) is 1.89. The summed E-state index contributed by atoms with van der Waals surface area (Å²) in [4.78, 5) is 11.1. The molecule has 0 aromatic heterocycles. The fourth-order valence-electron chi connectivity index (χ4n) is 1.44. The van der Waals surface area contributed by atoms with Crippen molar-refractivity contribution in [1.29, 1.82) is 0 Å². The van der Waals surface area contributed by atoms with E-state index in [0.29, 0.717) is 11.5 Å². The van der Waals surface area contributed by atoms with E-state index in [2.05, 4.69) is 5.32 Å². The molecule has 1 aromatic carbocycles. The lowest BCUT2D eigenvalue weighted by Crippen LogP contribution is -2.21. The standard InChI is InChI=1S/C10H9F3N2O3/c11-10(12,13)3-9(16)15-6-2-8-7(1-5(6)14)17-4-18-8/h1-2H,3-4,14H2,(H,15,16). The molecule has 0 unspecified atom stereocenters. The van der Waals surface area contributed by atoms with Gasteiger partial charge in [-0.3, -0.25) is 4.79 Å². The van der Waals surface area contributed by atoms with Crippen LogP contribution in [0.2, 0.25) is 0 Å². The molecular formula is C10H9F3N2O3. The average molecular weight is 262 g/mol. The van der Waals surface area contributed by atoms with Gasteiger partial charge >= 0.3 is 6.18 Å². The van der Waals surface area contributed by atoms with Crippen LogP contribution in [0.5, 0.6) is 11.5 Å². The van der Waals surface area contributed by atoms with E-state index in [9.17, 15) is 18.0 Å². The van der Waals surface area contributed by atoms with E-state index in [-0.39, 0.29) is 18.2 Å². The molecule has 3 N–H and O–H groups in total. The maximum atomic E-state index is 12.0. The van der Waals surface area contributed by atoms with Crippen LogP contribution in [0.15, 0.2) is 12.1 Å². The van der Waals surface area contributed by atoms with Gasteiger partial charge in [-0.2, -0.15) is 13.2 Å². The Balaban J connectivity index is 2.12. The van der Waals surface area contributed by atoms with Crippen LogP contribution >= 0.6 is 0 Å². The summed E-state index contributed by atoms with van der Waals surface area (Å²) < 4.78 is 46.0. The number of hydrogen-bond acceptors (Lipinski definition) is 4. The van der Waals surface area contributed by atoms with Gasteiger partial charge in [-0.1, -0.05) is 0 Å². The van der Waals surface area contributed by atoms with Crippen LogP contribution in [-0.4, -0.2) is 18.9 Å². The molecule has 0 atom stereocenters. The van der Waals surface area contributed by atoms with Crippen LogP contribution in [0, 0.1) is 0 Å². The minimum Gasteiger partial charge on any atom is -0.454 e. The summed E-state index contributed by atoms with van der Waals surface area (Å²) in [6.07, 6.45) is -6.13. The molecule has 0 fully saturated rings. The van der Waals surface area contributed by atoms with Gasteiger partial charge in [0.1, 0.15) is 6.42 Å². The Morgan fingerprint density at radius 2 is 1.94 bits per heavy atom. The number of halogens is 3. The highest BCUT2D eigenvalue weighted by atomic mass is 19.4. The summed E-state index contributed by atoms with van der Waals surface area (Å²) in [5.41, 5.74) is 5.74. The Kier molecular flexibility index (Phi) is 2.93. The van der Waals surface area contributed by atoms with E-state index >= 15 is 0 Å². The molecule has 98 valence electrons. The lowest BCUT2D eigenvalue weighted by molar-refractivity contribution is -0.150. The number of nitrogens with two attached hydrogens (primary N) is 1. The number of nitrogens with one attached hydrogen (secondary N) is 1. The summed E-state index contributed by atoms with van der Waals surface area (Å²) in [5.74, 6) is -0.471. The zero-order valence-electron chi connectivity index (χ0n) is 9.00. The molecule has 0 saturated heterocycles. The summed E-state index contributed by atoms with van der Waals surface area (Å²) in [7, 11) is 0. The van der Waals surface area contributed by atoms with Crippen molar-refractivity contribution in [2.24, 2.45) is 0 Å². The van der Waals surface area contributed by atoms with Gasteiger partial charge < -0.3 is 20.5 Å². The van der Waals surface area contributed by atoms with Crippen molar-refractivity contribution in [2.75, 3.05) is 17.8 Å². The first-order valence-corrected chi connectivity index (χ1v) is 4.91. The van der Waals surface area contributed by atoms with Crippen molar-refractivity contribution < 1.29 is 27.4 Å². The molecule has 0 aliphatic carbocycles. The Labute approximate surface area is 99.7 Å². The maximum absolute atomic E-state index is 12.0. The number of fused-ring (bicyclic) bond motifs is 1. The molecule has 8 heteroatoms. The van der Waals surface area contributed by atoms with E-state index in [4.69, 9.17) is 15.2 Å². The molecule has 1 heterocycles. The molecule has 1 aromatic rings. The lowest BCUT2D eigenvalue weighted by Gasteiger charge is -2.10. The van der Waals surface area contributed by atoms with Gasteiger partial charge in [0.15, 0.2) is 11.5 Å². The highest BCUT2D eigenvalue weighted by Gasteiger charge is 2.31. The number of benzene rings is 1. The molecule has 0 bridgehead atoms. The molecular weight excluding hydrogens is 253 g/mol. The third-order valence-corrected chi connectivity index (χ3v) is 2.18. The number of amides is 1. The van der Waals surface area contributed by atoms with Crippen molar-refractivity contribution in [3.63, 3.8) is 0 Å². The number of rotatable bonds is 2. The van der Waals surface area contributed by atoms with E-state index in [1.54, 1.807) is 0 Å². The van der Waals surface area contributed by atoms with Gasteiger partial charge in [0.05, 0.1) is 11.4 Å². The van der Waals surface area contributed by atoms with Gasteiger partial charge in [-0.25, -0.2) is 0 Å². The quantitative estimate of drug-likeness (QED) is 0.798. The van der Waals surface area contributed by atoms with Crippen LogP contribution in [0.3, 0.4) is 0 Å². The fourth-order valence-corrected chi connectivity index (χ4v) is 1.44. The Hall–Kier alpha value is -2.12. The number of nitrogen functional groups attached to an aromatic ring is 1. The van der Waals surface area contributed by atoms with Gasteiger partial charge in [-0.15, -0.1) is 0 Å². The molecule has 1 amide bonds. The first kappa shape index (κ1) is 12.3. The first-order valence-electron chi connectivity index (χ1n) is 4.91. The second kappa shape index (κ2) is 4.28. The molecule has 0 saturated carbocycles. The van der Waals surface area contributed by atoms with E-state index in [0.717, 1.165) is 0 Å². The molecule has 1 aliphatic rings. The largest absolute Gasteiger partial charge is 0.454 e. The van der Waals surface area contributed by atoms with Gasteiger partial charge in [0.2, 0.25) is 12.7 Å². The number of hydrogen-bond donors (Lipinski definition) is 2. The third-order valence-electron chi connectivity index (χ3n) is 2.18. The SMILES string of the molecule is Nc1cc2c(cc1NC(=O)CC(F)(F)F)OCO2.